The summed E-state index contributed by atoms with van der Waals surface area (Å²) in [5.41, 5.74) is 0. The number of carbonyl (C=O) groups is 2. The fourth-order valence-electron chi connectivity index (χ4n) is 4.50. The normalized spacial score (nSPS) is 12.4. The Morgan fingerprint density at radius 2 is 0.868 bits per heavy atom. The summed E-state index contributed by atoms with van der Waals surface area (Å²) < 4.78 is 42.9. The Balaban J connectivity index is 3.88. The van der Waals surface area contributed by atoms with Crippen LogP contribution in [0.25, 0.3) is 0 Å². The Morgan fingerprint density at radius 1 is 0.553 bits per heavy atom. The van der Waals surface area contributed by atoms with Crippen LogP contribution < -0.4 is 0 Å². The number of hydrogen-bond acceptors (Lipinski definition) is 6. The number of rotatable bonds is 28. The van der Waals surface area contributed by atoms with E-state index in [1.807, 2.05) is 0 Å². The zero-order chi connectivity index (χ0) is 28.3. The third kappa shape index (κ3) is 23.9. The van der Waals surface area contributed by atoms with Gasteiger partial charge in [-0.25, -0.2) is 0 Å². The van der Waals surface area contributed by atoms with Crippen molar-refractivity contribution < 1.29 is 32.0 Å². The first-order valence-corrected chi connectivity index (χ1v) is 17.1. The largest absolute Gasteiger partial charge is 0.466 e. The molecule has 38 heavy (non-hydrogen) atoms. The summed E-state index contributed by atoms with van der Waals surface area (Å²) in [6, 6.07) is 0. The number of esters is 2. The van der Waals surface area contributed by atoms with E-state index in [1.165, 1.54) is 89.9 Å². The molecule has 0 bridgehead atoms. The van der Waals surface area contributed by atoms with E-state index in [4.69, 9.17) is 9.47 Å². The van der Waals surface area contributed by atoms with Crippen molar-refractivity contribution in [3.05, 3.63) is 0 Å². The number of hydrogen-bond donors (Lipinski definition) is 1. The third-order valence-corrected chi connectivity index (χ3v) is 8.06. The predicted octanol–water partition coefficient (Wildman–Crippen LogP) is 8.34. The standard InChI is InChI=1S/C30H58O7S/c1-3-5-7-9-11-13-15-17-19-21-23-25-36-29(31)27-28(38(33,34)35)30(32)37-26-24-22-20-18-16-14-12-10-8-6-4-2/h28H,3-27H2,1-2H3,(H,33,34,35)/t28-/m0/s1. The zero-order valence-electron chi connectivity index (χ0n) is 24.6. The van der Waals surface area contributed by atoms with Gasteiger partial charge in [0.05, 0.1) is 19.6 Å². The van der Waals surface area contributed by atoms with Crippen LogP contribution in [-0.2, 0) is 29.2 Å². The van der Waals surface area contributed by atoms with Gasteiger partial charge in [0.2, 0.25) is 0 Å². The Labute approximate surface area is 234 Å². The highest BCUT2D eigenvalue weighted by molar-refractivity contribution is 7.87. The van der Waals surface area contributed by atoms with Crippen LogP contribution in [0.15, 0.2) is 0 Å². The second-order valence-electron chi connectivity index (χ2n) is 10.7. The van der Waals surface area contributed by atoms with Gasteiger partial charge in [-0.3, -0.25) is 14.1 Å². The highest BCUT2D eigenvalue weighted by Gasteiger charge is 2.35. The molecule has 1 N–H and O–H groups in total. The van der Waals surface area contributed by atoms with Gasteiger partial charge in [0, 0.05) is 0 Å². The summed E-state index contributed by atoms with van der Waals surface area (Å²) in [6.07, 6.45) is 24.8. The minimum absolute atomic E-state index is 0.0790. The molecular formula is C30H58O7S. The molecule has 0 aromatic heterocycles. The molecule has 8 heteroatoms. The zero-order valence-corrected chi connectivity index (χ0v) is 25.4. The van der Waals surface area contributed by atoms with E-state index < -0.39 is 33.7 Å². The van der Waals surface area contributed by atoms with Gasteiger partial charge in [-0.15, -0.1) is 0 Å². The van der Waals surface area contributed by atoms with Crippen molar-refractivity contribution in [3.63, 3.8) is 0 Å². The Kier molecular flexibility index (Phi) is 25.3. The van der Waals surface area contributed by atoms with E-state index in [0.29, 0.717) is 12.8 Å². The molecule has 0 heterocycles. The number of carbonyl (C=O) groups excluding carboxylic acids is 2. The SMILES string of the molecule is CCCCCCCCCCCCCOC(=O)C[C@@H](C(=O)OCCCCCCCCCCCCC)S(=O)(=O)O. The summed E-state index contributed by atoms with van der Waals surface area (Å²) in [7, 11) is -4.76. The molecule has 0 radical (unpaired) electrons. The highest BCUT2D eigenvalue weighted by Crippen LogP contribution is 2.14. The van der Waals surface area contributed by atoms with E-state index >= 15 is 0 Å². The lowest BCUT2D eigenvalue weighted by Crippen LogP contribution is -2.34. The maximum absolute atomic E-state index is 12.2. The van der Waals surface area contributed by atoms with Gasteiger partial charge in [0.15, 0.2) is 5.25 Å². The Bertz CT molecular complexity index is 664. The van der Waals surface area contributed by atoms with Gasteiger partial charge in [-0.05, 0) is 12.8 Å². The van der Waals surface area contributed by atoms with Crippen LogP contribution in [0.4, 0.5) is 0 Å². The van der Waals surface area contributed by atoms with Crippen molar-refractivity contribution in [2.24, 2.45) is 0 Å². The summed E-state index contributed by atoms with van der Waals surface area (Å²) in [6.45, 7) is 4.70. The number of ether oxygens (including phenoxy) is 2. The van der Waals surface area contributed by atoms with E-state index in [1.54, 1.807) is 0 Å². The molecule has 0 saturated heterocycles. The predicted molar refractivity (Wildman–Crippen MR) is 155 cm³/mol. The van der Waals surface area contributed by atoms with Crippen molar-refractivity contribution in [1.29, 1.82) is 0 Å². The average Bonchev–Trinajstić information content (AvgIpc) is 2.87. The highest BCUT2D eigenvalue weighted by atomic mass is 32.2. The van der Waals surface area contributed by atoms with Gasteiger partial charge >= 0.3 is 11.9 Å². The third-order valence-electron chi connectivity index (χ3n) is 6.98. The molecule has 0 rings (SSSR count). The van der Waals surface area contributed by atoms with E-state index in [-0.39, 0.29) is 13.2 Å². The molecule has 226 valence electrons. The molecule has 0 aromatic rings. The molecular weight excluding hydrogens is 504 g/mol. The molecule has 0 fully saturated rings. The fourth-order valence-corrected chi connectivity index (χ4v) is 5.16. The van der Waals surface area contributed by atoms with Gasteiger partial charge in [0.1, 0.15) is 0 Å². The smallest absolute Gasteiger partial charge is 0.327 e. The second-order valence-corrected chi connectivity index (χ2v) is 12.3. The number of unbranched alkanes of at least 4 members (excludes halogenated alkanes) is 20. The summed E-state index contributed by atoms with van der Waals surface area (Å²) in [4.78, 5) is 24.3. The van der Waals surface area contributed by atoms with Crippen molar-refractivity contribution in [3.8, 4) is 0 Å². The van der Waals surface area contributed by atoms with Crippen LogP contribution in [0.2, 0.25) is 0 Å². The molecule has 7 nitrogen and oxygen atoms in total. The summed E-state index contributed by atoms with van der Waals surface area (Å²) >= 11 is 0. The van der Waals surface area contributed by atoms with Gasteiger partial charge in [-0.2, -0.15) is 8.42 Å². The lowest BCUT2D eigenvalue weighted by Gasteiger charge is -2.13. The van der Waals surface area contributed by atoms with Crippen LogP contribution in [0.1, 0.15) is 162 Å². The quantitative estimate of drug-likeness (QED) is 0.0580. The maximum Gasteiger partial charge on any atom is 0.327 e. The van der Waals surface area contributed by atoms with Gasteiger partial charge in [-0.1, -0.05) is 142 Å². The van der Waals surface area contributed by atoms with Gasteiger partial charge in [0.25, 0.3) is 10.1 Å². The molecule has 0 aliphatic carbocycles. The van der Waals surface area contributed by atoms with Crippen LogP contribution in [-0.4, -0.2) is 43.4 Å². The second kappa shape index (κ2) is 26.1. The van der Waals surface area contributed by atoms with Crippen molar-refractivity contribution in [2.45, 2.75) is 167 Å². The van der Waals surface area contributed by atoms with E-state index in [0.717, 1.165) is 38.5 Å². The van der Waals surface area contributed by atoms with Crippen LogP contribution >= 0.6 is 0 Å². The first kappa shape index (κ1) is 36.8. The van der Waals surface area contributed by atoms with Crippen LogP contribution in [0, 0.1) is 0 Å². The maximum atomic E-state index is 12.2. The van der Waals surface area contributed by atoms with Crippen molar-refractivity contribution in [1.82, 2.24) is 0 Å². The Hall–Kier alpha value is -1.15. The topological polar surface area (TPSA) is 107 Å². The van der Waals surface area contributed by atoms with Gasteiger partial charge < -0.3 is 9.47 Å². The fraction of sp³-hybridized carbons (Fsp3) is 0.933. The lowest BCUT2D eigenvalue weighted by molar-refractivity contribution is -0.150. The van der Waals surface area contributed by atoms with Crippen molar-refractivity contribution in [2.75, 3.05) is 13.2 Å². The molecule has 0 aromatic carbocycles. The summed E-state index contributed by atoms with van der Waals surface area (Å²) in [5.74, 6) is -1.91. The molecule has 0 saturated carbocycles. The molecule has 1 atom stereocenters. The van der Waals surface area contributed by atoms with E-state index in [9.17, 15) is 22.6 Å². The molecule has 0 aliphatic rings. The Morgan fingerprint density at radius 3 is 1.21 bits per heavy atom. The van der Waals surface area contributed by atoms with Crippen LogP contribution in [0.3, 0.4) is 0 Å². The average molecular weight is 563 g/mol. The van der Waals surface area contributed by atoms with E-state index in [2.05, 4.69) is 13.8 Å². The first-order chi connectivity index (χ1) is 18.3. The monoisotopic (exact) mass is 562 g/mol. The van der Waals surface area contributed by atoms with Crippen molar-refractivity contribution >= 4 is 22.1 Å². The molecule has 0 aliphatic heterocycles. The molecule has 0 spiro atoms. The minimum Gasteiger partial charge on any atom is -0.466 e. The molecule has 0 amide bonds. The first-order valence-electron chi connectivity index (χ1n) is 15.6. The lowest BCUT2D eigenvalue weighted by atomic mass is 10.1. The summed E-state index contributed by atoms with van der Waals surface area (Å²) in [5, 5.41) is -1.93. The molecule has 0 unspecified atom stereocenters. The van der Waals surface area contributed by atoms with Crippen LogP contribution in [0.5, 0.6) is 0 Å². The minimum atomic E-state index is -4.76.